The van der Waals surface area contributed by atoms with Crippen LogP contribution in [0.15, 0.2) is 23.1 Å². The Morgan fingerprint density at radius 1 is 1.37 bits per heavy atom. The zero-order valence-corrected chi connectivity index (χ0v) is 12.2. The van der Waals surface area contributed by atoms with Gasteiger partial charge in [-0.1, -0.05) is 13.8 Å². The van der Waals surface area contributed by atoms with Crippen molar-refractivity contribution in [2.24, 2.45) is 17.0 Å². The summed E-state index contributed by atoms with van der Waals surface area (Å²) in [5, 5.41) is 5.16. The fourth-order valence-corrected chi connectivity index (χ4v) is 3.06. The van der Waals surface area contributed by atoms with Crippen LogP contribution in [0.5, 0.6) is 0 Å². The third kappa shape index (κ3) is 3.01. The van der Waals surface area contributed by atoms with Crippen molar-refractivity contribution in [2.75, 3.05) is 23.7 Å². The van der Waals surface area contributed by atoms with E-state index in [1.165, 1.54) is 6.07 Å². The van der Waals surface area contributed by atoms with E-state index < -0.39 is 10.0 Å². The Morgan fingerprint density at radius 3 is 2.58 bits per heavy atom. The van der Waals surface area contributed by atoms with E-state index in [-0.39, 0.29) is 4.90 Å². The summed E-state index contributed by atoms with van der Waals surface area (Å²) in [5.74, 6) is 1.24. The molecule has 0 bridgehead atoms. The van der Waals surface area contributed by atoms with Gasteiger partial charge in [-0.25, -0.2) is 13.6 Å². The molecule has 6 heteroatoms. The van der Waals surface area contributed by atoms with E-state index in [0.717, 1.165) is 25.2 Å². The maximum Gasteiger partial charge on any atom is 0.238 e. The van der Waals surface area contributed by atoms with Crippen molar-refractivity contribution in [3.05, 3.63) is 18.2 Å². The summed E-state index contributed by atoms with van der Waals surface area (Å²) in [5.41, 5.74) is 7.32. The average molecular weight is 283 g/mol. The highest BCUT2D eigenvalue weighted by Crippen LogP contribution is 2.33. The maximum absolute atomic E-state index is 11.4. The van der Waals surface area contributed by atoms with Crippen molar-refractivity contribution in [3.63, 3.8) is 0 Å². The Kier molecular flexibility index (Phi) is 3.73. The molecule has 0 radical (unpaired) electrons. The monoisotopic (exact) mass is 283 g/mol. The Morgan fingerprint density at radius 2 is 2.05 bits per heavy atom. The second-order valence-electron chi connectivity index (χ2n) is 5.50. The van der Waals surface area contributed by atoms with Crippen LogP contribution >= 0.6 is 0 Å². The van der Waals surface area contributed by atoms with E-state index in [1.807, 2.05) is 0 Å². The van der Waals surface area contributed by atoms with Gasteiger partial charge in [0.15, 0.2) is 0 Å². The lowest BCUT2D eigenvalue weighted by Crippen LogP contribution is -2.23. The van der Waals surface area contributed by atoms with Crippen molar-refractivity contribution in [3.8, 4) is 0 Å². The van der Waals surface area contributed by atoms with Crippen LogP contribution in [0.4, 0.5) is 11.4 Å². The van der Waals surface area contributed by atoms with Crippen LogP contribution in [0.2, 0.25) is 0 Å². The molecule has 0 amide bonds. The molecular weight excluding hydrogens is 262 g/mol. The van der Waals surface area contributed by atoms with Crippen LogP contribution < -0.4 is 15.8 Å². The van der Waals surface area contributed by atoms with Gasteiger partial charge < -0.3 is 10.6 Å². The van der Waals surface area contributed by atoms with Crippen molar-refractivity contribution < 1.29 is 8.42 Å². The normalized spacial score (nSPS) is 20.2. The van der Waals surface area contributed by atoms with Gasteiger partial charge in [-0.3, -0.25) is 0 Å². The smallest absolute Gasteiger partial charge is 0.238 e. The van der Waals surface area contributed by atoms with Crippen molar-refractivity contribution in [1.29, 1.82) is 0 Å². The first-order valence-electron chi connectivity index (χ1n) is 6.46. The zero-order chi connectivity index (χ0) is 14.2. The minimum atomic E-state index is -3.68. The van der Waals surface area contributed by atoms with Gasteiger partial charge in [-0.05, 0) is 36.5 Å². The van der Waals surface area contributed by atoms with Crippen molar-refractivity contribution in [2.45, 2.75) is 25.2 Å². The zero-order valence-electron chi connectivity index (χ0n) is 11.3. The van der Waals surface area contributed by atoms with Crippen LogP contribution in [0, 0.1) is 11.8 Å². The third-order valence-electron chi connectivity index (χ3n) is 3.84. The molecular formula is C13H21N3O2S. The second kappa shape index (κ2) is 5.02. The third-order valence-corrected chi connectivity index (χ3v) is 4.75. The summed E-state index contributed by atoms with van der Waals surface area (Å²) < 4.78 is 22.8. The van der Waals surface area contributed by atoms with Gasteiger partial charge in [-0.15, -0.1) is 0 Å². The molecule has 1 aliphatic heterocycles. The highest BCUT2D eigenvalue weighted by molar-refractivity contribution is 7.89. The SMILES string of the molecule is CC(C)C1CCN(c2cc(S(N)(=O)=O)ccc2N)C1. The molecule has 19 heavy (non-hydrogen) atoms. The lowest BCUT2D eigenvalue weighted by molar-refractivity contribution is 0.423. The van der Waals surface area contributed by atoms with Crippen LogP contribution in [0.25, 0.3) is 0 Å². The fourth-order valence-electron chi connectivity index (χ4n) is 2.52. The fraction of sp³-hybridized carbons (Fsp3) is 0.538. The maximum atomic E-state index is 11.4. The topological polar surface area (TPSA) is 89.4 Å². The highest BCUT2D eigenvalue weighted by atomic mass is 32.2. The minimum Gasteiger partial charge on any atom is -0.397 e. The number of nitrogens with two attached hydrogens (primary N) is 2. The van der Waals surface area contributed by atoms with Gasteiger partial charge >= 0.3 is 0 Å². The molecule has 0 aromatic heterocycles. The number of anilines is 2. The van der Waals surface area contributed by atoms with Crippen LogP contribution in [0.3, 0.4) is 0 Å². The molecule has 0 spiro atoms. The number of nitrogens with zero attached hydrogens (tertiary/aromatic N) is 1. The minimum absolute atomic E-state index is 0.115. The molecule has 1 aromatic rings. The molecule has 1 aromatic carbocycles. The molecule has 1 heterocycles. The summed E-state index contributed by atoms with van der Waals surface area (Å²) in [7, 11) is -3.68. The number of benzene rings is 1. The molecule has 1 saturated heterocycles. The number of primary sulfonamides is 1. The largest absolute Gasteiger partial charge is 0.397 e. The van der Waals surface area contributed by atoms with Crippen LogP contribution in [0.1, 0.15) is 20.3 Å². The lowest BCUT2D eigenvalue weighted by Gasteiger charge is -2.22. The molecule has 1 fully saturated rings. The molecule has 4 N–H and O–H groups in total. The van der Waals surface area contributed by atoms with E-state index in [9.17, 15) is 8.42 Å². The lowest BCUT2D eigenvalue weighted by atomic mass is 9.95. The first kappa shape index (κ1) is 14.1. The summed E-state index contributed by atoms with van der Waals surface area (Å²) in [6, 6.07) is 4.63. The molecule has 1 unspecified atom stereocenters. The number of rotatable bonds is 3. The van der Waals surface area contributed by atoms with Gasteiger partial charge in [0.2, 0.25) is 10.0 Å². The summed E-state index contributed by atoms with van der Waals surface area (Å²) in [6.07, 6.45) is 1.11. The van der Waals surface area contributed by atoms with E-state index in [0.29, 0.717) is 17.5 Å². The molecule has 0 saturated carbocycles. The Balaban J connectivity index is 2.30. The molecule has 0 aliphatic carbocycles. The van der Waals surface area contributed by atoms with E-state index >= 15 is 0 Å². The second-order valence-corrected chi connectivity index (χ2v) is 7.07. The van der Waals surface area contributed by atoms with Crippen LogP contribution in [-0.2, 0) is 10.0 Å². The summed E-state index contributed by atoms with van der Waals surface area (Å²) in [4.78, 5) is 2.26. The van der Waals surface area contributed by atoms with Gasteiger partial charge in [0.25, 0.3) is 0 Å². The Hall–Kier alpha value is -1.27. The predicted molar refractivity (Wildman–Crippen MR) is 77.4 cm³/mol. The predicted octanol–water partition coefficient (Wildman–Crippen LogP) is 1.40. The molecule has 1 atom stereocenters. The Bertz CT molecular complexity index is 569. The van der Waals surface area contributed by atoms with E-state index in [4.69, 9.17) is 10.9 Å². The summed E-state index contributed by atoms with van der Waals surface area (Å²) >= 11 is 0. The number of hydrogen-bond acceptors (Lipinski definition) is 4. The number of sulfonamides is 1. The average Bonchev–Trinajstić information content (AvgIpc) is 2.77. The first-order valence-corrected chi connectivity index (χ1v) is 8.01. The van der Waals surface area contributed by atoms with Gasteiger partial charge in [-0.2, -0.15) is 0 Å². The van der Waals surface area contributed by atoms with Crippen molar-refractivity contribution >= 4 is 21.4 Å². The van der Waals surface area contributed by atoms with Gasteiger partial charge in [0.05, 0.1) is 16.3 Å². The van der Waals surface area contributed by atoms with E-state index in [1.54, 1.807) is 12.1 Å². The standard InChI is InChI=1S/C13H21N3O2S/c1-9(2)10-5-6-16(8-10)13-7-11(19(15,17)18)3-4-12(13)14/h3-4,7,9-10H,5-6,8,14H2,1-2H3,(H2,15,17,18). The molecule has 2 rings (SSSR count). The molecule has 1 aliphatic rings. The quantitative estimate of drug-likeness (QED) is 0.820. The van der Waals surface area contributed by atoms with Crippen LogP contribution in [-0.4, -0.2) is 21.5 Å². The number of hydrogen-bond donors (Lipinski definition) is 2. The highest BCUT2D eigenvalue weighted by Gasteiger charge is 2.26. The Labute approximate surface area is 114 Å². The molecule has 5 nitrogen and oxygen atoms in total. The summed E-state index contributed by atoms with van der Waals surface area (Å²) in [6.45, 7) is 6.23. The molecule has 106 valence electrons. The van der Waals surface area contributed by atoms with E-state index in [2.05, 4.69) is 18.7 Å². The first-order chi connectivity index (χ1) is 8.79. The van der Waals surface area contributed by atoms with Gasteiger partial charge in [0, 0.05) is 13.1 Å². The van der Waals surface area contributed by atoms with Crippen molar-refractivity contribution in [1.82, 2.24) is 0 Å². The van der Waals surface area contributed by atoms with Gasteiger partial charge in [0.1, 0.15) is 0 Å². The number of nitrogen functional groups attached to an aromatic ring is 1.